The molecule has 0 amide bonds. The van der Waals surface area contributed by atoms with E-state index in [1.807, 2.05) is 30.3 Å². The Labute approximate surface area is 82.3 Å². The minimum atomic E-state index is -0.858. The predicted octanol–water partition coefficient (Wildman–Crippen LogP) is 1.64. The summed E-state index contributed by atoms with van der Waals surface area (Å²) in [5, 5.41) is 8.75. The van der Waals surface area contributed by atoms with Crippen LogP contribution in [0.1, 0.15) is 17.9 Å². The fraction of sp³-hybridized carbons (Fsp3) is 0.364. The van der Waals surface area contributed by atoms with E-state index in [2.05, 4.69) is 0 Å². The average Bonchev–Trinajstić information content (AvgIpc) is 2.68. The van der Waals surface area contributed by atoms with Crippen molar-refractivity contribution in [2.45, 2.75) is 18.4 Å². The van der Waals surface area contributed by atoms with Crippen LogP contribution in [0.25, 0.3) is 0 Å². The molecule has 0 aromatic heterocycles. The highest BCUT2D eigenvalue weighted by molar-refractivity contribution is 5.72. The second kappa shape index (κ2) is 3.80. The molecule has 1 aromatic rings. The van der Waals surface area contributed by atoms with Gasteiger partial charge in [-0.1, -0.05) is 30.3 Å². The second-order valence-electron chi connectivity index (χ2n) is 3.50. The van der Waals surface area contributed by atoms with Crippen molar-refractivity contribution in [2.24, 2.45) is 0 Å². The van der Waals surface area contributed by atoms with Crippen LogP contribution in [0.5, 0.6) is 0 Å². The van der Waals surface area contributed by atoms with Gasteiger partial charge in [0.25, 0.3) is 0 Å². The number of hydrogen-bond donors (Lipinski definition) is 1. The maximum absolute atomic E-state index is 10.7. The second-order valence-corrected chi connectivity index (χ2v) is 3.50. The van der Waals surface area contributed by atoms with E-state index in [-0.39, 0.29) is 5.92 Å². The largest absolute Gasteiger partial charge is 0.479 e. The molecule has 0 spiro atoms. The molecule has 3 heteroatoms. The van der Waals surface area contributed by atoms with Gasteiger partial charge < -0.3 is 9.84 Å². The number of aliphatic carboxylic acids is 1. The summed E-state index contributed by atoms with van der Waals surface area (Å²) in [5.41, 5.74) is 1.16. The Morgan fingerprint density at radius 3 is 2.64 bits per heavy atom. The summed E-state index contributed by atoms with van der Waals surface area (Å²) in [7, 11) is 0. The predicted molar refractivity (Wildman–Crippen MR) is 51.2 cm³/mol. The van der Waals surface area contributed by atoms with Gasteiger partial charge in [-0.15, -0.1) is 0 Å². The van der Waals surface area contributed by atoms with Crippen molar-refractivity contribution in [3.63, 3.8) is 0 Å². The highest BCUT2D eigenvalue weighted by atomic mass is 16.5. The quantitative estimate of drug-likeness (QED) is 0.774. The summed E-state index contributed by atoms with van der Waals surface area (Å²) >= 11 is 0. The summed E-state index contributed by atoms with van der Waals surface area (Å²) in [6, 6.07) is 9.90. The van der Waals surface area contributed by atoms with Crippen molar-refractivity contribution in [1.29, 1.82) is 0 Å². The minimum absolute atomic E-state index is 0.234. The first kappa shape index (κ1) is 9.21. The number of ether oxygens (including phenoxy) is 1. The third-order valence-corrected chi connectivity index (χ3v) is 2.54. The lowest BCUT2D eigenvalue weighted by atomic mass is 9.96. The third kappa shape index (κ3) is 1.77. The topological polar surface area (TPSA) is 46.5 Å². The summed E-state index contributed by atoms with van der Waals surface area (Å²) in [4.78, 5) is 10.7. The first-order chi connectivity index (χ1) is 6.77. The number of carbonyl (C=O) groups is 1. The average molecular weight is 192 g/mol. The Morgan fingerprint density at radius 1 is 1.36 bits per heavy atom. The molecule has 2 atom stereocenters. The molecule has 1 heterocycles. The maximum atomic E-state index is 10.7. The van der Waals surface area contributed by atoms with E-state index in [0.717, 1.165) is 5.56 Å². The van der Waals surface area contributed by atoms with E-state index in [1.165, 1.54) is 0 Å². The van der Waals surface area contributed by atoms with Crippen LogP contribution in [0.2, 0.25) is 0 Å². The van der Waals surface area contributed by atoms with Crippen LogP contribution in [-0.4, -0.2) is 23.8 Å². The van der Waals surface area contributed by atoms with Crippen molar-refractivity contribution >= 4 is 5.97 Å². The van der Waals surface area contributed by atoms with Crippen LogP contribution in [0.3, 0.4) is 0 Å². The van der Waals surface area contributed by atoms with Crippen molar-refractivity contribution in [2.75, 3.05) is 6.61 Å². The highest BCUT2D eigenvalue weighted by Gasteiger charge is 2.31. The molecule has 2 rings (SSSR count). The lowest BCUT2D eigenvalue weighted by Crippen LogP contribution is -2.17. The monoisotopic (exact) mass is 192 g/mol. The fourth-order valence-corrected chi connectivity index (χ4v) is 1.76. The molecule has 0 saturated carbocycles. The van der Waals surface area contributed by atoms with Gasteiger partial charge in [0.1, 0.15) is 0 Å². The molecule has 0 aliphatic carbocycles. The van der Waals surface area contributed by atoms with Crippen LogP contribution >= 0.6 is 0 Å². The van der Waals surface area contributed by atoms with Crippen molar-refractivity contribution in [3.8, 4) is 0 Å². The highest BCUT2D eigenvalue weighted by Crippen LogP contribution is 2.29. The van der Waals surface area contributed by atoms with Crippen molar-refractivity contribution in [3.05, 3.63) is 35.9 Å². The van der Waals surface area contributed by atoms with Gasteiger partial charge in [0.15, 0.2) is 6.10 Å². The summed E-state index contributed by atoms with van der Waals surface area (Å²) in [6.45, 7) is 0.515. The molecule has 1 saturated heterocycles. The molecule has 0 bridgehead atoms. The molecular formula is C11H12O3. The van der Waals surface area contributed by atoms with E-state index in [1.54, 1.807) is 0 Å². The van der Waals surface area contributed by atoms with E-state index in [0.29, 0.717) is 13.0 Å². The van der Waals surface area contributed by atoms with E-state index in [4.69, 9.17) is 9.84 Å². The van der Waals surface area contributed by atoms with Gasteiger partial charge in [-0.25, -0.2) is 4.79 Å². The summed E-state index contributed by atoms with van der Waals surface area (Å²) < 4.78 is 5.18. The van der Waals surface area contributed by atoms with Crippen LogP contribution < -0.4 is 0 Å². The summed E-state index contributed by atoms with van der Waals surface area (Å²) in [6.07, 6.45) is -0.0421. The maximum Gasteiger partial charge on any atom is 0.332 e. The Balaban J connectivity index is 2.06. The van der Waals surface area contributed by atoms with Gasteiger partial charge in [0, 0.05) is 5.92 Å². The summed E-state index contributed by atoms with van der Waals surface area (Å²) in [5.74, 6) is -0.624. The SMILES string of the molecule is O=C(O)C1CC(c2ccccc2)CO1. The molecule has 1 aliphatic rings. The molecule has 1 fully saturated rings. The number of hydrogen-bond acceptors (Lipinski definition) is 2. The zero-order chi connectivity index (χ0) is 9.97. The lowest BCUT2D eigenvalue weighted by molar-refractivity contribution is -0.147. The third-order valence-electron chi connectivity index (χ3n) is 2.54. The number of rotatable bonds is 2. The van der Waals surface area contributed by atoms with Crippen LogP contribution in [0.15, 0.2) is 30.3 Å². The minimum Gasteiger partial charge on any atom is -0.479 e. The number of benzene rings is 1. The normalized spacial score (nSPS) is 26.3. The molecule has 0 radical (unpaired) electrons. The van der Waals surface area contributed by atoms with E-state index in [9.17, 15) is 4.79 Å². The van der Waals surface area contributed by atoms with Crippen LogP contribution in [0.4, 0.5) is 0 Å². The van der Waals surface area contributed by atoms with Gasteiger partial charge in [-0.3, -0.25) is 0 Å². The lowest BCUT2D eigenvalue weighted by Gasteiger charge is -2.06. The molecular weight excluding hydrogens is 180 g/mol. The van der Waals surface area contributed by atoms with Gasteiger partial charge >= 0.3 is 5.97 Å². The first-order valence-corrected chi connectivity index (χ1v) is 4.66. The zero-order valence-electron chi connectivity index (χ0n) is 7.72. The smallest absolute Gasteiger partial charge is 0.332 e. The Kier molecular flexibility index (Phi) is 2.50. The zero-order valence-corrected chi connectivity index (χ0v) is 7.72. The van der Waals surface area contributed by atoms with Gasteiger partial charge in [0.05, 0.1) is 6.61 Å². The van der Waals surface area contributed by atoms with Gasteiger partial charge in [0.2, 0.25) is 0 Å². The number of carboxylic acid groups (broad SMARTS) is 1. The fourth-order valence-electron chi connectivity index (χ4n) is 1.76. The Hall–Kier alpha value is -1.35. The van der Waals surface area contributed by atoms with Crippen molar-refractivity contribution < 1.29 is 14.6 Å². The number of carboxylic acids is 1. The van der Waals surface area contributed by atoms with Gasteiger partial charge in [-0.05, 0) is 12.0 Å². The molecule has 3 nitrogen and oxygen atoms in total. The van der Waals surface area contributed by atoms with Crippen LogP contribution in [0, 0.1) is 0 Å². The molecule has 14 heavy (non-hydrogen) atoms. The molecule has 1 N–H and O–H groups in total. The van der Waals surface area contributed by atoms with Crippen LogP contribution in [-0.2, 0) is 9.53 Å². The van der Waals surface area contributed by atoms with Gasteiger partial charge in [-0.2, -0.15) is 0 Å². The molecule has 1 aromatic carbocycles. The van der Waals surface area contributed by atoms with Crippen molar-refractivity contribution in [1.82, 2.24) is 0 Å². The standard InChI is InChI=1S/C11H12O3/c12-11(13)10-6-9(7-14-10)8-4-2-1-3-5-8/h1-5,9-10H,6-7H2,(H,12,13). The Bertz CT molecular complexity index is 321. The molecule has 1 aliphatic heterocycles. The molecule has 2 unspecified atom stereocenters. The molecule has 74 valence electrons. The van der Waals surface area contributed by atoms with E-state index >= 15 is 0 Å². The first-order valence-electron chi connectivity index (χ1n) is 4.66. The Morgan fingerprint density at radius 2 is 2.07 bits per heavy atom. The van der Waals surface area contributed by atoms with E-state index < -0.39 is 12.1 Å².